The average Bonchev–Trinajstić information content (AvgIpc) is 0.783. The second-order valence-corrected chi connectivity index (χ2v) is 26.0. The molecule has 0 bridgehead atoms. The van der Waals surface area contributed by atoms with Crippen LogP contribution < -0.4 is 0 Å². The third-order valence-corrected chi connectivity index (χ3v) is 18.6. The van der Waals surface area contributed by atoms with E-state index in [0.717, 1.165) is 51.4 Å². The molecule has 6 heterocycles. The highest BCUT2D eigenvalue weighted by molar-refractivity contribution is 5.00. The van der Waals surface area contributed by atoms with E-state index in [-0.39, 0.29) is 13.2 Å². The molecule has 33 nitrogen and oxygen atoms in total. The summed E-state index contributed by atoms with van der Waals surface area (Å²) in [7, 11) is 0. The Morgan fingerprint density at radius 3 is 0.729 bits per heavy atom. The molecule has 33 heteroatoms. The molecular formula is C63H116O33. The van der Waals surface area contributed by atoms with Crippen LogP contribution in [-0.2, 0) is 66.3 Å². The highest BCUT2D eigenvalue weighted by Crippen LogP contribution is 2.37. The zero-order valence-corrected chi connectivity index (χ0v) is 55.3. The van der Waals surface area contributed by atoms with Crippen molar-refractivity contribution in [1.82, 2.24) is 0 Å². The van der Waals surface area contributed by atoms with Crippen LogP contribution >= 0.6 is 0 Å². The molecule has 566 valence electrons. The van der Waals surface area contributed by atoms with Crippen molar-refractivity contribution in [2.45, 2.75) is 333 Å². The molecule has 0 unspecified atom stereocenters. The van der Waals surface area contributed by atoms with Gasteiger partial charge in [-0.2, -0.15) is 0 Å². The van der Waals surface area contributed by atoms with Crippen molar-refractivity contribution in [3.05, 3.63) is 0 Å². The molecule has 6 rings (SSSR count). The number of ether oxygens (including phenoxy) is 14. The molecule has 0 aromatic heterocycles. The Morgan fingerprint density at radius 1 is 0.250 bits per heavy atom. The minimum atomic E-state index is -2.18. The molecule has 96 heavy (non-hydrogen) atoms. The lowest BCUT2D eigenvalue weighted by Crippen LogP contribution is -2.68. The predicted octanol–water partition coefficient (Wildman–Crippen LogP) is -4.83. The van der Waals surface area contributed by atoms with Crippen molar-refractivity contribution in [3.63, 3.8) is 0 Å². The molecular weight excluding hydrogens is 1280 g/mol. The summed E-state index contributed by atoms with van der Waals surface area (Å²) in [5.41, 5.74) is 0. The quantitative estimate of drug-likeness (QED) is 0.0255. The van der Waals surface area contributed by atoms with Crippen molar-refractivity contribution in [1.29, 1.82) is 0 Å². The standard InChI is InChI=1S/C63H116O33/c1-3-5-7-9-11-13-15-17-19-21-23-83-31-33(32-84-24-22-20-18-16-14-12-10-8-6-4-2)85-58-48(78)42(72)53(35(26-65)87-58)93-60-50(80)44(74)55(37(28-67)89-60)95-62-52(82)46(76)57(39(30-69)91-62)96-63-51(81)45(75)56(38(29-68)90-63)94-61-49(79)43(73)54(36(27-66)88-61)92-59-47(77)41(71)40(70)34(25-64)86-59/h33-82H,3-32H2,1-2H3/t34-,35-,36-,37-,38-,39-,40-,41+,42-,43-,44-,45-,46-,47-,48-,49-,50-,51-,52-,53-,54-,55-,56-,57-,58-,59+,60+,61+,62+,63+/m1/s1. The Labute approximate surface area is 560 Å². The zero-order valence-electron chi connectivity index (χ0n) is 55.3. The normalized spacial score (nSPS) is 40.9. The maximum Gasteiger partial charge on any atom is 0.187 e. The van der Waals surface area contributed by atoms with Gasteiger partial charge < -0.3 is 163 Å². The predicted molar refractivity (Wildman–Crippen MR) is 327 cm³/mol. The maximum absolute atomic E-state index is 11.5. The van der Waals surface area contributed by atoms with Gasteiger partial charge in [-0.05, 0) is 12.8 Å². The maximum atomic E-state index is 11.5. The lowest BCUT2D eigenvalue weighted by atomic mass is 9.95. The molecule has 30 atom stereocenters. The monoisotopic (exact) mass is 1400 g/mol. The molecule has 6 fully saturated rings. The van der Waals surface area contributed by atoms with Gasteiger partial charge in [0.1, 0.15) is 153 Å². The highest BCUT2D eigenvalue weighted by Gasteiger charge is 2.58. The van der Waals surface area contributed by atoms with Crippen molar-refractivity contribution in [2.24, 2.45) is 0 Å². The van der Waals surface area contributed by atoms with Gasteiger partial charge in [0, 0.05) is 13.2 Å². The molecule has 0 spiro atoms. The van der Waals surface area contributed by atoms with Crippen LogP contribution in [0.4, 0.5) is 0 Å². The molecule has 0 amide bonds. The molecule has 6 saturated heterocycles. The van der Waals surface area contributed by atoms with Gasteiger partial charge in [-0.15, -0.1) is 0 Å². The van der Waals surface area contributed by atoms with E-state index in [2.05, 4.69) is 13.8 Å². The Bertz CT molecular complexity index is 1990. The summed E-state index contributed by atoms with van der Waals surface area (Å²) >= 11 is 0. The van der Waals surface area contributed by atoms with E-state index in [9.17, 15) is 97.0 Å². The molecule has 6 aliphatic rings. The summed E-state index contributed by atoms with van der Waals surface area (Å²) in [5, 5.41) is 206. The zero-order chi connectivity index (χ0) is 70.0. The summed E-state index contributed by atoms with van der Waals surface area (Å²) in [6.07, 6.45) is -33.9. The highest BCUT2D eigenvalue weighted by atomic mass is 16.8. The summed E-state index contributed by atoms with van der Waals surface area (Å²) in [4.78, 5) is 0. The first kappa shape index (κ1) is 83.6. The minimum Gasteiger partial charge on any atom is -0.394 e. The fourth-order valence-electron chi connectivity index (χ4n) is 12.7. The average molecular weight is 1400 g/mol. The van der Waals surface area contributed by atoms with E-state index < -0.39 is 230 Å². The van der Waals surface area contributed by atoms with Crippen molar-refractivity contribution >= 4 is 0 Å². The van der Waals surface area contributed by atoms with Crippen LogP contribution in [0.25, 0.3) is 0 Å². The van der Waals surface area contributed by atoms with Gasteiger partial charge in [-0.3, -0.25) is 0 Å². The van der Waals surface area contributed by atoms with Crippen molar-refractivity contribution < 1.29 is 163 Å². The lowest BCUT2D eigenvalue weighted by molar-refractivity contribution is -0.396. The number of aliphatic hydroxyl groups excluding tert-OH is 19. The number of hydrogen-bond acceptors (Lipinski definition) is 33. The molecule has 0 saturated carbocycles. The largest absolute Gasteiger partial charge is 0.394 e. The van der Waals surface area contributed by atoms with Crippen LogP contribution in [0.5, 0.6) is 0 Å². The van der Waals surface area contributed by atoms with Gasteiger partial charge >= 0.3 is 0 Å². The SMILES string of the molecule is CCCCCCCCCCCCOCC(COCCCCCCCCCCCC)O[C@@H]1O[C@H](CO)[C@@H](O[C@@H]2O[C@H](CO)[C@@H](O[C@@H]3O[C@H](CO)[C@@H](O[C@@H]4O[C@H](CO)[C@@H](O[C@@H]5O[C@H](CO)[C@@H](O[C@@H]6O[C@H](CO)[C@@H](O)[C@H](O)[C@H]6O)[C@H](O)[C@H]5O)[C@H](O)[C@H]4O)[C@H](O)[C@H]3O)[C@H](O)[C@H]2O)[C@H](O)[C@H]1O. The van der Waals surface area contributed by atoms with Gasteiger partial charge in [0.2, 0.25) is 0 Å². The molecule has 0 radical (unpaired) electrons. The van der Waals surface area contributed by atoms with Crippen molar-refractivity contribution in [3.8, 4) is 0 Å². The van der Waals surface area contributed by atoms with Gasteiger partial charge in [0.25, 0.3) is 0 Å². The van der Waals surface area contributed by atoms with Crippen LogP contribution in [0.2, 0.25) is 0 Å². The Hall–Kier alpha value is -1.32. The summed E-state index contributed by atoms with van der Waals surface area (Å²) < 4.78 is 81.1. The van der Waals surface area contributed by atoms with E-state index in [1.807, 2.05) is 0 Å². The number of unbranched alkanes of at least 4 members (excludes halogenated alkanes) is 18. The Balaban J connectivity index is 1.00. The third-order valence-electron chi connectivity index (χ3n) is 18.6. The fraction of sp³-hybridized carbons (Fsp3) is 1.00. The van der Waals surface area contributed by atoms with E-state index in [4.69, 9.17) is 66.3 Å². The van der Waals surface area contributed by atoms with Gasteiger partial charge in [0.15, 0.2) is 37.7 Å². The van der Waals surface area contributed by atoms with E-state index in [1.165, 1.54) is 77.0 Å². The van der Waals surface area contributed by atoms with Crippen LogP contribution in [0, 0.1) is 0 Å². The first-order chi connectivity index (χ1) is 46.2. The first-order valence-corrected chi connectivity index (χ1v) is 34.7. The summed E-state index contributed by atoms with van der Waals surface area (Å²) in [5.74, 6) is 0. The van der Waals surface area contributed by atoms with Crippen molar-refractivity contribution in [2.75, 3.05) is 66.1 Å². The van der Waals surface area contributed by atoms with Gasteiger partial charge in [-0.1, -0.05) is 129 Å². The topological polar surface area (TPSA) is 514 Å². The van der Waals surface area contributed by atoms with Crippen LogP contribution in [-0.4, -0.2) is 353 Å². The van der Waals surface area contributed by atoms with Gasteiger partial charge in [0.05, 0.1) is 52.9 Å². The molecule has 19 N–H and O–H groups in total. The van der Waals surface area contributed by atoms with E-state index in [0.29, 0.717) is 13.2 Å². The van der Waals surface area contributed by atoms with Crippen LogP contribution in [0.1, 0.15) is 142 Å². The third kappa shape index (κ3) is 23.3. The Kier molecular flexibility index (Phi) is 38.1. The molecule has 0 aliphatic carbocycles. The molecule has 6 aliphatic heterocycles. The minimum absolute atomic E-state index is 0.0669. The number of aliphatic hydroxyl groups is 19. The van der Waals surface area contributed by atoms with E-state index in [1.54, 1.807) is 0 Å². The molecule has 0 aromatic carbocycles. The number of hydrogen-bond donors (Lipinski definition) is 19. The summed E-state index contributed by atoms with van der Waals surface area (Å²) in [6.45, 7) is -0.188. The van der Waals surface area contributed by atoms with Gasteiger partial charge in [-0.25, -0.2) is 0 Å². The molecule has 0 aromatic rings. The van der Waals surface area contributed by atoms with E-state index >= 15 is 0 Å². The Morgan fingerprint density at radius 2 is 0.469 bits per heavy atom. The number of rotatable bonds is 44. The second-order valence-electron chi connectivity index (χ2n) is 26.0. The first-order valence-electron chi connectivity index (χ1n) is 34.7. The smallest absolute Gasteiger partial charge is 0.187 e. The fourth-order valence-corrected chi connectivity index (χ4v) is 12.7. The van der Waals surface area contributed by atoms with Crippen LogP contribution in [0.3, 0.4) is 0 Å². The van der Waals surface area contributed by atoms with Crippen LogP contribution in [0.15, 0.2) is 0 Å². The summed E-state index contributed by atoms with van der Waals surface area (Å²) in [6, 6.07) is 0. The lowest BCUT2D eigenvalue weighted by Gasteiger charge is -2.50. The second kappa shape index (κ2) is 43.7.